The van der Waals surface area contributed by atoms with Crippen LogP contribution in [0.1, 0.15) is 72.4 Å². The smallest absolute Gasteiger partial charge is 0.346 e. The lowest BCUT2D eigenvalue weighted by Gasteiger charge is -2.21. The van der Waals surface area contributed by atoms with Crippen LogP contribution in [0.4, 0.5) is 8.78 Å². The largest absolute Gasteiger partial charge is 0.494 e. The average Bonchev–Trinajstić information content (AvgIpc) is 3.18. The molecule has 0 aromatic heterocycles. The lowest BCUT2D eigenvalue weighted by molar-refractivity contribution is 0.0719. The highest BCUT2D eigenvalue weighted by molar-refractivity contribution is 5.93. The molecule has 1 unspecified atom stereocenters. The van der Waals surface area contributed by atoms with Gasteiger partial charge in [0.25, 0.3) is 0 Å². The van der Waals surface area contributed by atoms with Gasteiger partial charge in [0.1, 0.15) is 40.2 Å². The number of rotatable bonds is 7. The molecule has 0 saturated carbocycles. The summed E-state index contributed by atoms with van der Waals surface area (Å²) in [6.45, 7) is 9.67. The zero-order valence-electron chi connectivity index (χ0n) is 23.9. The van der Waals surface area contributed by atoms with E-state index in [1.165, 1.54) is 24.3 Å². The first-order valence-corrected chi connectivity index (χ1v) is 13.6. The SMILES string of the molecule is CCOc1ccc(C(=O)Oc2ccc3c(c2)C(C)c2cc(OC(=O)c4ccc(OC(C)(C)C)cc4F)ccc2-3)c(F)c1. The van der Waals surface area contributed by atoms with Crippen molar-refractivity contribution in [3.8, 4) is 34.1 Å². The van der Waals surface area contributed by atoms with E-state index in [1.807, 2.05) is 39.8 Å². The number of carbonyl (C=O) groups is 2. The van der Waals surface area contributed by atoms with Crippen molar-refractivity contribution in [3.63, 3.8) is 0 Å². The number of hydrogen-bond acceptors (Lipinski definition) is 6. The van der Waals surface area contributed by atoms with Gasteiger partial charge in [-0.3, -0.25) is 0 Å². The Morgan fingerprint density at radius 1 is 0.690 bits per heavy atom. The fourth-order valence-corrected chi connectivity index (χ4v) is 4.90. The summed E-state index contributed by atoms with van der Waals surface area (Å²) in [5.41, 5.74) is 2.74. The topological polar surface area (TPSA) is 71.1 Å². The molecule has 0 N–H and O–H groups in total. The molecule has 0 saturated heterocycles. The van der Waals surface area contributed by atoms with Crippen molar-refractivity contribution in [2.45, 2.75) is 46.1 Å². The standard InChI is InChI=1S/C34H30F2O6/c1-6-39-20-7-13-26(30(35)17-20)32(37)40-21-8-11-24-25-12-9-22(16-29(25)19(2)28(24)15-21)41-33(38)27-14-10-23(18-31(27)36)42-34(3,4)5/h7-19H,6H2,1-5H3. The Bertz CT molecular complexity index is 1690. The molecule has 0 fully saturated rings. The van der Waals surface area contributed by atoms with Crippen molar-refractivity contribution in [2.24, 2.45) is 0 Å². The average molecular weight is 573 g/mol. The molecule has 1 aliphatic carbocycles. The van der Waals surface area contributed by atoms with Crippen LogP contribution in [0.2, 0.25) is 0 Å². The third-order valence-corrected chi connectivity index (χ3v) is 6.75. The summed E-state index contributed by atoms with van der Waals surface area (Å²) >= 11 is 0. The van der Waals surface area contributed by atoms with Gasteiger partial charge >= 0.3 is 11.9 Å². The fraction of sp³-hybridized carbons (Fsp3) is 0.235. The predicted octanol–water partition coefficient (Wildman–Crippen LogP) is 8.11. The zero-order chi connectivity index (χ0) is 30.2. The van der Waals surface area contributed by atoms with Gasteiger partial charge in [-0.1, -0.05) is 19.1 Å². The van der Waals surface area contributed by atoms with Crippen LogP contribution in [0.5, 0.6) is 23.0 Å². The monoisotopic (exact) mass is 572 g/mol. The van der Waals surface area contributed by atoms with Crippen LogP contribution >= 0.6 is 0 Å². The quantitative estimate of drug-likeness (QED) is 0.165. The minimum atomic E-state index is -0.825. The second-order valence-corrected chi connectivity index (χ2v) is 10.9. The molecule has 0 heterocycles. The number of carbonyl (C=O) groups excluding carboxylic acids is 2. The number of hydrogen-bond donors (Lipinski definition) is 0. The Morgan fingerprint density at radius 2 is 1.14 bits per heavy atom. The van der Waals surface area contributed by atoms with Crippen LogP contribution in [0.15, 0.2) is 72.8 Å². The Labute approximate surface area is 242 Å². The summed E-state index contributed by atoms with van der Waals surface area (Å²) in [5.74, 6) is -2.06. The molecule has 42 heavy (non-hydrogen) atoms. The highest BCUT2D eigenvalue weighted by Crippen LogP contribution is 2.47. The maximum Gasteiger partial charge on any atom is 0.346 e. The lowest BCUT2D eigenvalue weighted by atomic mass is 9.99. The van der Waals surface area contributed by atoms with E-state index in [4.69, 9.17) is 18.9 Å². The van der Waals surface area contributed by atoms with E-state index in [0.717, 1.165) is 34.4 Å². The second kappa shape index (κ2) is 11.3. The van der Waals surface area contributed by atoms with E-state index >= 15 is 0 Å². The molecule has 0 aliphatic heterocycles. The first-order valence-electron chi connectivity index (χ1n) is 13.6. The van der Waals surface area contributed by atoms with Crippen LogP contribution in [-0.4, -0.2) is 24.1 Å². The molecule has 8 heteroatoms. The molecule has 6 nitrogen and oxygen atoms in total. The van der Waals surface area contributed by atoms with Gasteiger partial charge in [-0.2, -0.15) is 0 Å². The number of ether oxygens (including phenoxy) is 4. The molecule has 0 spiro atoms. The van der Waals surface area contributed by atoms with E-state index < -0.39 is 29.2 Å². The summed E-state index contributed by atoms with van der Waals surface area (Å²) in [4.78, 5) is 25.5. The normalized spacial score (nSPS) is 13.6. The van der Waals surface area contributed by atoms with E-state index in [9.17, 15) is 18.4 Å². The third-order valence-electron chi connectivity index (χ3n) is 6.75. The number of fused-ring (bicyclic) bond motifs is 3. The van der Waals surface area contributed by atoms with Gasteiger partial charge in [0.05, 0.1) is 17.7 Å². The van der Waals surface area contributed by atoms with E-state index in [1.54, 1.807) is 31.2 Å². The van der Waals surface area contributed by atoms with E-state index in [0.29, 0.717) is 18.1 Å². The minimum absolute atomic E-state index is 0.125. The van der Waals surface area contributed by atoms with Gasteiger partial charge < -0.3 is 18.9 Å². The molecule has 4 aromatic rings. The second-order valence-electron chi connectivity index (χ2n) is 10.9. The Hall–Kier alpha value is -4.72. The maximum atomic E-state index is 14.7. The van der Waals surface area contributed by atoms with Crippen molar-refractivity contribution in [2.75, 3.05) is 6.61 Å². The highest BCUT2D eigenvalue weighted by Gasteiger charge is 2.28. The van der Waals surface area contributed by atoms with Gasteiger partial charge in [-0.25, -0.2) is 18.4 Å². The molecule has 1 atom stereocenters. The number of esters is 2. The summed E-state index contributed by atoms with van der Waals surface area (Å²) < 4.78 is 51.1. The van der Waals surface area contributed by atoms with Crippen molar-refractivity contribution in [1.82, 2.24) is 0 Å². The molecular formula is C34H30F2O6. The van der Waals surface area contributed by atoms with Gasteiger partial charge in [0.15, 0.2) is 0 Å². The molecular weight excluding hydrogens is 542 g/mol. The minimum Gasteiger partial charge on any atom is -0.494 e. The van der Waals surface area contributed by atoms with Crippen LogP contribution in [0.3, 0.4) is 0 Å². The van der Waals surface area contributed by atoms with Crippen LogP contribution < -0.4 is 18.9 Å². The molecule has 4 aromatic carbocycles. The van der Waals surface area contributed by atoms with Gasteiger partial charge in [0.2, 0.25) is 0 Å². The van der Waals surface area contributed by atoms with Crippen molar-refractivity contribution in [3.05, 3.63) is 107 Å². The zero-order valence-corrected chi connectivity index (χ0v) is 23.9. The Kier molecular flexibility index (Phi) is 7.73. The molecule has 5 rings (SSSR count). The molecule has 0 radical (unpaired) electrons. The Morgan fingerprint density at radius 3 is 1.60 bits per heavy atom. The first-order chi connectivity index (χ1) is 19.9. The van der Waals surface area contributed by atoms with Crippen molar-refractivity contribution in [1.29, 1.82) is 0 Å². The molecule has 0 amide bonds. The maximum absolute atomic E-state index is 14.7. The van der Waals surface area contributed by atoms with Gasteiger partial charge in [-0.05, 0) is 98.5 Å². The lowest BCUT2D eigenvalue weighted by Crippen LogP contribution is -2.23. The van der Waals surface area contributed by atoms with Crippen LogP contribution in [0, 0.1) is 11.6 Å². The van der Waals surface area contributed by atoms with Crippen LogP contribution in [-0.2, 0) is 0 Å². The van der Waals surface area contributed by atoms with Gasteiger partial charge in [-0.15, -0.1) is 0 Å². The van der Waals surface area contributed by atoms with Gasteiger partial charge in [0, 0.05) is 18.1 Å². The van der Waals surface area contributed by atoms with Crippen LogP contribution in [0.25, 0.3) is 11.1 Å². The summed E-state index contributed by atoms with van der Waals surface area (Å²) in [6.07, 6.45) is 0. The van der Waals surface area contributed by atoms with Crippen molar-refractivity contribution >= 4 is 11.9 Å². The summed E-state index contributed by atoms with van der Waals surface area (Å²) in [6, 6.07) is 18.5. The van der Waals surface area contributed by atoms with E-state index in [-0.39, 0.29) is 28.5 Å². The summed E-state index contributed by atoms with van der Waals surface area (Å²) in [5, 5.41) is 0. The highest BCUT2D eigenvalue weighted by atomic mass is 19.1. The summed E-state index contributed by atoms with van der Waals surface area (Å²) in [7, 11) is 0. The number of halogens is 2. The fourth-order valence-electron chi connectivity index (χ4n) is 4.90. The molecule has 216 valence electrons. The first kappa shape index (κ1) is 28.8. The number of benzene rings is 4. The predicted molar refractivity (Wildman–Crippen MR) is 154 cm³/mol. The molecule has 0 bridgehead atoms. The Balaban J connectivity index is 1.31. The van der Waals surface area contributed by atoms with Crippen molar-refractivity contribution < 1.29 is 37.3 Å². The molecule has 1 aliphatic rings. The third kappa shape index (κ3) is 5.98. The van der Waals surface area contributed by atoms with E-state index in [2.05, 4.69) is 0 Å².